The average molecular weight is 262 g/mol. The fraction of sp³-hybridized carbons (Fsp3) is 0.533. The molecular formula is C15H22N2O2. The molecule has 1 aliphatic heterocycles. The van der Waals surface area contributed by atoms with Gasteiger partial charge < -0.3 is 15.8 Å². The quantitative estimate of drug-likeness (QED) is 0.794. The van der Waals surface area contributed by atoms with E-state index in [0.717, 1.165) is 50.3 Å². The first kappa shape index (κ1) is 13.9. The minimum atomic E-state index is 0.128. The van der Waals surface area contributed by atoms with Crippen molar-refractivity contribution in [1.29, 1.82) is 0 Å². The van der Waals surface area contributed by atoms with Gasteiger partial charge in [-0.15, -0.1) is 0 Å². The van der Waals surface area contributed by atoms with Gasteiger partial charge in [0, 0.05) is 31.9 Å². The second-order valence-electron chi connectivity index (χ2n) is 5.10. The number of nitrogens with two attached hydrogens (primary N) is 1. The molecule has 1 amide bonds. The summed E-state index contributed by atoms with van der Waals surface area (Å²) in [5, 5.41) is 3.01. The van der Waals surface area contributed by atoms with E-state index in [1.165, 1.54) is 0 Å². The van der Waals surface area contributed by atoms with Crippen molar-refractivity contribution >= 4 is 11.6 Å². The number of hydrogen-bond acceptors (Lipinski definition) is 3. The van der Waals surface area contributed by atoms with E-state index < -0.39 is 0 Å². The lowest BCUT2D eigenvalue weighted by atomic mass is 10.0. The molecule has 3 N–H and O–H groups in total. The van der Waals surface area contributed by atoms with Crippen LogP contribution < -0.4 is 11.1 Å². The van der Waals surface area contributed by atoms with Crippen LogP contribution in [0.4, 0.5) is 5.69 Å². The Balaban J connectivity index is 1.65. The third kappa shape index (κ3) is 4.91. The maximum Gasteiger partial charge on any atom is 0.220 e. The van der Waals surface area contributed by atoms with Gasteiger partial charge in [0.2, 0.25) is 5.91 Å². The number of ether oxygens (including phenoxy) is 1. The fourth-order valence-electron chi connectivity index (χ4n) is 2.24. The molecule has 0 unspecified atom stereocenters. The smallest absolute Gasteiger partial charge is 0.220 e. The summed E-state index contributed by atoms with van der Waals surface area (Å²) in [7, 11) is 0. The highest BCUT2D eigenvalue weighted by Crippen LogP contribution is 2.13. The van der Waals surface area contributed by atoms with Crippen molar-refractivity contribution in [3.05, 3.63) is 29.8 Å². The first-order chi connectivity index (χ1) is 9.24. The van der Waals surface area contributed by atoms with Crippen LogP contribution in [0.2, 0.25) is 0 Å². The van der Waals surface area contributed by atoms with E-state index in [0.29, 0.717) is 12.3 Å². The van der Waals surface area contributed by atoms with Crippen molar-refractivity contribution in [1.82, 2.24) is 5.32 Å². The molecule has 0 atom stereocenters. The van der Waals surface area contributed by atoms with E-state index in [9.17, 15) is 4.79 Å². The highest BCUT2D eigenvalue weighted by Gasteiger charge is 2.14. The zero-order chi connectivity index (χ0) is 13.5. The van der Waals surface area contributed by atoms with Crippen LogP contribution in [0.25, 0.3) is 0 Å². The number of nitrogen functional groups attached to an aromatic ring is 1. The van der Waals surface area contributed by atoms with Crippen LogP contribution >= 0.6 is 0 Å². The summed E-state index contributed by atoms with van der Waals surface area (Å²) >= 11 is 0. The van der Waals surface area contributed by atoms with Crippen molar-refractivity contribution in [2.24, 2.45) is 5.92 Å². The first-order valence-electron chi connectivity index (χ1n) is 6.93. The van der Waals surface area contributed by atoms with Gasteiger partial charge in [-0.1, -0.05) is 12.1 Å². The molecule has 2 rings (SSSR count). The molecule has 1 saturated heterocycles. The van der Waals surface area contributed by atoms with Crippen molar-refractivity contribution in [3.63, 3.8) is 0 Å². The van der Waals surface area contributed by atoms with Crippen molar-refractivity contribution in [3.8, 4) is 0 Å². The Morgan fingerprint density at radius 3 is 2.63 bits per heavy atom. The van der Waals surface area contributed by atoms with Gasteiger partial charge in [-0.05, 0) is 42.9 Å². The Morgan fingerprint density at radius 1 is 1.26 bits per heavy atom. The molecule has 0 spiro atoms. The molecule has 0 aromatic heterocycles. The number of nitrogens with one attached hydrogen (secondary N) is 1. The number of carbonyl (C=O) groups is 1. The maximum absolute atomic E-state index is 11.8. The van der Waals surface area contributed by atoms with Crippen LogP contribution in [0.1, 0.15) is 24.8 Å². The van der Waals surface area contributed by atoms with Gasteiger partial charge in [-0.3, -0.25) is 4.79 Å². The number of rotatable bonds is 5. The van der Waals surface area contributed by atoms with E-state index in [-0.39, 0.29) is 5.91 Å². The van der Waals surface area contributed by atoms with Crippen LogP contribution in [-0.2, 0) is 16.0 Å². The van der Waals surface area contributed by atoms with Crippen LogP contribution in [0.3, 0.4) is 0 Å². The van der Waals surface area contributed by atoms with Gasteiger partial charge in [0.1, 0.15) is 0 Å². The van der Waals surface area contributed by atoms with E-state index >= 15 is 0 Å². The molecule has 19 heavy (non-hydrogen) atoms. The summed E-state index contributed by atoms with van der Waals surface area (Å²) in [4.78, 5) is 11.8. The van der Waals surface area contributed by atoms with Crippen LogP contribution in [0.5, 0.6) is 0 Å². The molecule has 0 radical (unpaired) electrons. The Hall–Kier alpha value is -1.55. The molecule has 1 heterocycles. The molecular weight excluding hydrogens is 240 g/mol. The number of amides is 1. The van der Waals surface area contributed by atoms with Crippen molar-refractivity contribution in [2.75, 3.05) is 25.5 Å². The second-order valence-corrected chi connectivity index (χ2v) is 5.10. The Kier molecular flexibility index (Phi) is 5.21. The Morgan fingerprint density at radius 2 is 1.95 bits per heavy atom. The lowest BCUT2D eigenvalue weighted by Gasteiger charge is -2.22. The molecule has 1 fully saturated rings. The van der Waals surface area contributed by atoms with E-state index in [1.807, 2.05) is 24.3 Å². The third-order valence-corrected chi connectivity index (χ3v) is 3.55. The van der Waals surface area contributed by atoms with Crippen molar-refractivity contribution < 1.29 is 9.53 Å². The van der Waals surface area contributed by atoms with Gasteiger partial charge in [-0.25, -0.2) is 0 Å². The minimum Gasteiger partial charge on any atom is -0.399 e. The topological polar surface area (TPSA) is 64.4 Å². The van der Waals surface area contributed by atoms with Gasteiger partial charge in [0.25, 0.3) is 0 Å². The van der Waals surface area contributed by atoms with Crippen molar-refractivity contribution in [2.45, 2.75) is 25.7 Å². The monoisotopic (exact) mass is 262 g/mol. The second kappa shape index (κ2) is 7.14. The van der Waals surface area contributed by atoms with Crippen LogP contribution in [0.15, 0.2) is 24.3 Å². The summed E-state index contributed by atoms with van der Waals surface area (Å²) < 4.78 is 5.30. The number of benzene rings is 1. The molecule has 1 aromatic carbocycles. The lowest BCUT2D eigenvalue weighted by molar-refractivity contribution is -0.121. The molecule has 104 valence electrons. The molecule has 4 nitrogen and oxygen atoms in total. The lowest BCUT2D eigenvalue weighted by Crippen LogP contribution is -2.32. The molecule has 4 heteroatoms. The average Bonchev–Trinajstić information content (AvgIpc) is 2.45. The molecule has 0 aliphatic carbocycles. The largest absolute Gasteiger partial charge is 0.399 e. The number of carbonyl (C=O) groups excluding carboxylic acids is 1. The minimum absolute atomic E-state index is 0.128. The van der Waals surface area contributed by atoms with Gasteiger partial charge in [0.05, 0.1) is 0 Å². The highest BCUT2D eigenvalue weighted by molar-refractivity contribution is 5.76. The molecule has 1 aromatic rings. The Labute approximate surface area is 114 Å². The normalized spacial score (nSPS) is 16.2. The third-order valence-electron chi connectivity index (χ3n) is 3.55. The number of hydrogen-bond donors (Lipinski definition) is 2. The predicted octanol–water partition coefficient (Wildman–Crippen LogP) is 1.74. The van der Waals surface area contributed by atoms with E-state index in [1.54, 1.807) is 0 Å². The standard InChI is InChI=1S/C15H22N2O2/c16-14-4-1-12(2-5-14)3-6-15(18)17-11-13-7-9-19-10-8-13/h1-2,4-5,13H,3,6-11,16H2,(H,17,18). The predicted molar refractivity (Wildman–Crippen MR) is 75.7 cm³/mol. The van der Waals surface area contributed by atoms with Gasteiger partial charge in [0.15, 0.2) is 0 Å². The van der Waals surface area contributed by atoms with E-state index in [4.69, 9.17) is 10.5 Å². The first-order valence-corrected chi connectivity index (χ1v) is 6.93. The summed E-state index contributed by atoms with van der Waals surface area (Å²) in [5.41, 5.74) is 7.53. The summed E-state index contributed by atoms with van der Waals surface area (Å²) in [6.07, 6.45) is 3.41. The summed E-state index contributed by atoms with van der Waals surface area (Å²) in [6.45, 7) is 2.43. The van der Waals surface area contributed by atoms with E-state index in [2.05, 4.69) is 5.32 Å². The highest BCUT2D eigenvalue weighted by atomic mass is 16.5. The molecule has 0 saturated carbocycles. The fourth-order valence-corrected chi connectivity index (χ4v) is 2.24. The Bertz CT molecular complexity index is 397. The summed E-state index contributed by atoms with van der Waals surface area (Å²) in [5.74, 6) is 0.706. The maximum atomic E-state index is 11.8. The molecule has 0 bridgehead atoms. The molecule has 1 aliphatic rings. The van der Waals surface area contributed by atoms with Crippen LogP contribution in [-0.4, -0.2) is 25.7 Å². The van der Waals surface area contributed by atoms with Gasteiger partial charge in [-0.2, -0.15) is 0 Å². The van der Waals surface area contributed by atoms with Gasteiger partial charge >= 0.3 is 0 Å². The number of aryl methyl sites for hydroxylation is 1. The summed E-state index contributed by atoms with van der Waals surface area (Å²) in [6, 6.07) is 7.69. The zero-order valence-corrected chi connectivity index (χ0v) is 11.2. The SMILES string of the molecule is Nc1ccc(CCC(=O)NCC2CCOCC2)cc1. The number of anilines is 1. The van der Waals surface area contributed by atoms with Crippen LogP contribution in [0, 0.1) is 5.92 Å². The zero-order valence-electron chi connectivity index (χ0n) is 11.2.